The van der Waals surface area contributed by atoms with Gasteiger partial charge in [0.05, 0.1) is 16.1 Å². The zero-order valence-corrected chi connectivity index (χ0v) is 11.9. The summed E-state index contributed by atoms with van der Waals surface area (Å²) in [5.41, 5.74) is 6.92. The third kappa shape index (κ3) is 2.52. The monoisotopic (exact) mass is 312 g/mol. The molecule has 1 heterocycles. The highest BCUT2D eigenvalue weighted by molar-refractivity contribution is 9.10. The van der Waals surface area contributed by atoms with Gasteiger partial charge >= 0.3 is 0 Å². The minimum atomic E-state index is -0.368. The summed E-state index contributed by atoms with van der Waals surface area (Å²) in [5.74, 6) is 0.145. The second-order valence-electron chi connectivity index (χ2n) is 4.75. The SMILES string of the molecule is CC(O)C1CCN(C(=O)c2cccc(N)c2Br)C1. The van der Waals surface area contributed by atoms with Crippen LogP contribution in [0, 0.1) is 5.92 Å². The maximum absolute atomic E-state index is 12.3. The molecule has 0 radical (unpaired) electrons. The molecule has 2 atom stereocenters. The van der Waals surface area contributed by atoms with Crippen molar-refractivity contribution in [2.75, 3.05) is 18.8 Å². The van der Waals surface area contributed by atoms with Gasteiger partial charge in [0.1, 0.15) is 0 Å². The van der Waals surface area contributed by atoms with Crippen LogP contribution in [0.1, 0.15) is 23.7 Å². The van der Waals surface area contributed by atoms with Crippen LogP contribution in [0.5, 0.6) is 0 Å². The first-order chi connectivity index (χ1) is 8.50. The Morgan fingerprint density at radius 2 is 2.33 bits per heavy atom. The van der Waals surface area contributed by atoms with E-state index in [0.29, 0.717) is 28.8 Å². The third-order valence-corrected chi connectivity index (χ3v) is 4.34. The van der Waals surface area contributed by atoms with Crippen LogP contribution in [0.4, 0.5) is 5.69 Å². The number of likely N-dealkylation sites (tertiary alicyclic amines) is 1. The number of rotatable bonds is 2. The molecule has 0 spiro atoms. The molecule has 1 aromatic rings. The van der Waals surface area contributed by atoms with Gasteiger partial charge in [-0.05, 0) is 41.4 Å². The van der Waals surface area contributed by atoms with Gasteiger partial charge in [0, 0.05) is 24.7 Å². The molecule has 1 aliphatic heterocycles. The average molecular weight is 313 g/mol. The Labute approximate surface area is 115 Å². The Morgan fingerprint density at radius 3 is 2.94 bits per heavy atom. The van der Waals surface area contributed by atoms with Gasteiger partial charge in [0.2, 0.25) is 0 Å². The van der Waals surface area contributed by atoms with Crippen molar-refractivity contribution in [3.63, 3.8) is 0 Å². The van der Waals surface area contributed by atoms with Crippen LogP contribution in [0.3, 0.4) is 0 Å². The standard InChI is InChI=1S/C13H17BrN2O2/c1-8(17)9-5-6-16(7-9)13(18)10-3-2-4-11(15)12(10)14/h2-4,8-9,17H,5-7,15H2,1H3. The van der Waals surface area contributed by atoms with E-state index in [1.54, 1.807) is 30.0 Å². The number of nitrogens with two attached hydrogens (primary N) is 1. The number of amides is 1. The first kappa shape index (κ1) is 13.4. The topological polar surface area (TPSA) is 66.6 Å². The van der Waals surface area contributed by atoms with Gasteiger partial charge in [0.15, 0.2) is 0 Å². The van der Waals surface area contributed by atoms with Gasteiger partial charge in [-0.25, -0.2) is 0 Å². The normalized spacial score (nSPS) is 21.1. The minimum Gasteiger partial charge on any atom is -0.398 e. The summed E-state index contributed by atoms with van der Waals surface area (Å²) < 4.78 is 0.649. The molecule has 0 bridgehead atoms. The van der Waals surface area contributed by atoms with Crippen LogP contribution < -0.4 is 5.73 Å². The molecular weight excluding hydrogens is 296 g/mol. The summed E-state index contributed by atoms with van der Waals surface area (Å²) in [4.78, 5) is 14.1. The number of benzene rings is 1. The smallest absolute Gasteiger partial charge is 0.255 e. The molecule has 4 nitrogen and oxygen atoms in total. The highest BCUT2D eigenvalue weighted by Gasteiger charge is 2.30. The molecule has 1 amide bonds. The second kappa shape index (κ2) is 5.28. The predicted molar refractivity (Wildman–Crippen MR) is 74.2 cm³/mol. The predicted octanol–water partition coefficient (Wildman–Crippen LogP) is 1.87. The molecule has 2 unspecified atom stereocenters. The molecule has 0 saturated carbocycles. The minimum absolute atomic E-state index is 0.0303. The summed E-state index contributed by atoms with van der Waals surface area (Å²) >= 11 is 3.35. The molecule has 3 N–H and O–H groups in total. The van der Waals surface area contributed by atoms with Crippen LogP contribution in [0.25, 0.3) is 0 Å². The Morgan fingerprint density at radius 1 is 1.61 bits per heavy atom. The lowest BCUT2D eigenvalue weighted by Crippen LogP contribution is -2.30. The molecule has 0 aliphatic carbocycles. The van der Waals surface area contributed by atoms with Crippen molar-refractivity contribution >= 4 is 27.5 Å². The van der Waals surface area contributed by atoms with Gasteiger partial charge in [0.25, 0.3) is 5.91 Å². The van der Waals surface area contributed by atoms with E-state index in [2.05, 4.69) is 15.9 Å². The van der Waals surface area contributed by atoms with Crippen molar-refractivity contribution in [2.45, 2.75) is 19.4 Å². The van der Waals surface area contributed by atoms with Crippen LogP contribution in [-0.4, -0.2) is 35.1 Å². The molecule has 2 rings (SSSR count). The summed E-state index contributed by atoms with van der Waals surface area (Å²) in [5, 5.41) is 9.55. The quantitative estimate of drug-likeness (QED) is 0.819. The highest BCUT2D eigenvalue weighted by atomic mass is 79.9. The average Bonchev–Trinajstić information content (AvgIpc) is 2.81. The van der Waals surface area contributed by atoms with E-state index in [-0.39, 0.29) is 17.9 Å². The highest BCUT2D eigenvalue weighted by Crippen LogP contribution is 2.27. The Kier molecular flexibility index (Phi) is 3.92. The molecule has 1 aliphatic rings. The van der Waals surface area contributed by atoms with E-state index in [1.165, 1.54) is 0 Å². The zero-order chi connectivity index (χ0) is 13.3. The maximum Gasteiger partial charge on any atom is 0.255 e. The van der Waals surface area contributed by atoms with Crippen molar-refractivity contribution < 1.29 is 9.90 Å². The Balaban J connectivity index is 2.16. The number of nitrogen functional groups attached to an aromatic ring is 1. The molecular formula is C13H17BrN2O2. The van der Waals surface area contributed by atoms with E-state index in [9.17, 15) is 9.90 Å². The third-order valence-electron chi connectivity index (χ3n) is 3.45. The van der Waals surface area contributed by atoms with E-state index >= 15 is 0 Å². The van der Waals surface area contributed by atoms with E-state index in [4.69, 9.17) is 5.73 Å². The molecule has 5 heteroatoms. The molecule has 1 aromatic carbocycles. The number of nitrogens with zero attached hydrogens (tertiary/aromatic N) is 1. The molecule has 98 valence electrons. The second-order valence-corrected chi connectivity index (χ2v) is 5.54. The van der Waals surface area contributed by atoms with Crippen molar-refractivity contribution in [2.24, 2.45) is 5.92 Å². The van der Waals surface area contributed by atoms with Crippen LogP contribution >= 0.6 is 15.9 Å². The van der Waals surface area contributed by atoms with Crippen LogP contribution in [0.15, 0.2) is 22.7 Å². The summed E-state index contributed by atoms with van der Waals surface area (Å²) in [6.07, 6.45) is 0.482. The first-order valence-corrected chi connectivity index (χ1v) is 6.81. The summed E-state index contributed by atoms with van der Waals surface area (Å²) in [6, 6.07) is 5.29. The van der Waals surface area contributed by atoms with Crippen molar-refractivity contribution in [1.82, 2.24) is 4.90 Å². The lowest BCUT2D eigenvalue weighted by Gasteiger charge is -2.18. The number of carbonyl (C=O) groups is 1. The lowest BCUT2D eigenvalue weighted by molar-refractivity contribution is 0.0761. The van der Waals surface area contributed by atoms with E-state index in [1.807, 2.05) is 0 Å². The molecule has 1 saturated heterocycles. The number of halogens is 1. The Hall–Kier alpha value is -1.07. The number of aliphatic hydroxyl groups excluding tert-OH is 1. The van der Waals surface area contributed by atoms with Crippen molar-refractivity contribution in [3.8, 4) is 0 Å². The summed E-state index contributed by atoms with van der Waals surface area (Å²) in [6.45, 7) is 3.07. The number of anilines is 1. The molecule has 0 aromatic heterocycles. The fraction of sp³-hybridized carbons (Fsp3) is 0.462. The largest absolute Gasteiger partial charge is 0.398 e. The number of hydrogen-bond acceptors (Lipinski definition) is 3. The Bertz CT molecular complexity index is 462. The first-order valence-electron chi connectivity index (χ1n) is 6.02. The van der Waals surface area contributed by atoms with Crippen LogP contribution in [0.2, 0.25) is 0 Å². The van der Waals surface area contributed by atoms with Gasteiger partial charge in [-0.3, -0.25) is 4.79 Å². The van der Waals surface area contributed by atoms with Gasteiger partial charge < -0.3 is 15.7 Å². The fourth-order valence-corrected chi connectivity index (χ4v) is 2.68. The number of hydrogen-bond donors (Lipinski definition) is 2. The maximum atomic E-state index is 12.3. The van der Waals surface area contributed by atoms with E-state index in [0.717, 1.165) is 6.42 Å². The molecule has 1 fully saturated rings. The molecule has 18 heavy (non-hydrogen) atoms. The van der Waals surface area contributed by atoms with Crippen molar-refractivity contribution in [1.29, 1.82) is 0 Å². The van der Waals surface area contributed by atoms with Gasteiger partial charge in [-0.15, -0.1) is 0 Å². The van der Waals surface area contributed by atoms with E-state index < -0.39 is 0 Å². The number of carbonyl (C=O) groups excluding carboxylic acids is 1. The fourth-order valence-electron chi connectivity index (χ4n) is 2.25. The number of aliphatic hydroxyl groups is 1. The van der Waals surface area contributed by atoms with Gasteiger partial charge in [-0.1, -0.05) is 6.07 Å². The summed E-state index contributed by atoms with van der Waals surface area (Å²) in [7, 11) is 0. The lowest BCUT2D eigenvalue weighted by atomic mass is 10.0. The van der Waals surface area contributed by atoms with Crippen molar-refractivity contribution in [3.05, 3.63) is 28.2 Å². The zero-order valence-electron chi connectivity index (χ0n) is 10.3. The van der Waals surface area contributed by atoms with Crippen LogP contribution in [-0.2, 0) is 0 Å². The van der Waals surface area contributed by atoms with Gasteiger partial charge in [-0.2, -0.15) is 0 Å².